The molecular formula is C22H27BrN6O3. The number of carboxylic acids is 1. The summed E-state index contributed by atoms with van der Waals surface area (Å²) in [7, 11) is 2.06. The van der Waals surface area contributed by atoms with Crippen molar-refractivity contribution in [2.75, 3.05) is 43.9 Å². The van der Waals surface area contributed by atoms with Crippen molar-refractivity contribution in [2.45, 2.75) is 25.3 Å². The van der Waals surface area contributed by atoms with E-state index in [4.69, 9.17) is 0 Å². The molecule has 1 amide bonds. The number of anilines is 3. The predicted molar refractivity (Wildman–Crippen MR) is 125 cm³/mol. The van der Waals surface area contributed by atoms with Crippen LogP contribution in [0.15, 0.2) is 34.9 Å². The van der Waals surface area contributed by atoms with Crippen LogP contribution in [0.4, 0.5) is 17.5 Å². The summed E-state index contributed by atoms with van der Waals surface area (Å²) in [6.07, 6.45) is 3.97. The second-order valence-electron chi connectivity index (χ2n) is 8.31. The van der Waals surface area contributed by atoms with E-state index < -0.39 is 11.9 Å². The Morgan fingerprint density at radius 1 is 1.12 bits per heavy atom. The maximum absolute atomic E-state index is 12.7. The van der Waals surface area contributed by atoms with E-state index >= 15 is 0 Å². The summed E-state index contributed by atoms with van der Waals surface area (Å²) < 4.78 is 0.673. The summed E-state index contributed by atoms with van der Waals surface area (Å²) >= 11 is 3.44. The van der Waals surface area contributed by atoms with Gasteiger partial charge in [0.2, 0.25) is 5.95 Å². The third-order valence-corrected chi connectivity index (χ3v) is 6.66. The van der Waals surface area contributed by atoms with E-state index in [1.807, 2.05) is 17.0 Å². The first-order chi connectivity index (χ1) is 15.4. The molecule has 10 heteroatoms. The summed E-state index contributed by atoms with van der Waals surface area (Å²) in [5.74, 6) is -0.213. The number of halogens is 1. The van der Waals surface area contributed by atoms with Crippen molar-refractivity contribution >= 4 is 45.3 Å². The number of carbonyl (C=O) groups excluding carboxylic acids is 1. The standard InChI is InChI=1S/C22H27BrN6O3/c1-28-9-11-29(12-10-28)20(30)14-5-7-15(8-6-14)25-22-24-13-17(23)19(27-22)26-18-4-2-3-16(18)21(31)32/h5-8,13,16,18H,2-4,9-12H2,1H3,(H,31,32)(H2,24,25,26,27)/t16-,18+/m0/s1. The Morgan fingerprint density at radius 2 is 1.84 bits per heavy atom. The zero-order chi connectivity index (χ0) is 22.7. The highest BCUT2D eigenvalue weighted by molar-refractivity contribution is 9.10. The minimum Gasteiger partial charge on any atom is -0.481 e. The Labute approximate surface area is 195 Å². The quantitative estimate of drug-likeness (QED) is 0.552. The molecule has 3 N–H and O–H groups in total. The van der Waals surface area contributed by atoms with Gasteiger partial charge in [0.1, 0.15) is 5.82 Å². The second-order valence-corrected chi connectivity index (χ2v) is 9.17. The number of hydrogen-bond acceptors (Lipinski definition) is 7. The molecule has 1 saturated heterocycles. The molecule has 2 heterocycles. The van der Waals surface area contributed by atoms with Crippen LogP contribution < -0.4 is 10.6 Å². The van der Waals surface area contributed by atoms with Crippen molar-refractivity contribution in [3.8, 4) is 0 Å². The summed E-state index contributed by atoms with van der Waals surface area (Å²) in [6.45, 7) is 3.25. The lowest BCUT2D eigenvalue weighted by atomic mass is 10.0. The number of nitrogens with zero attached hydrogens (tertiary/aromatic N) is 4. The van der Waals surface area contributed by atoms with Gasteiger partial charge in [0.05, 0.1) is 10.4 Å². The molecule has 0 radical (unpaired) electrons. The monoisotopic (exact) mass is 502 g/mol. The summed E-state index contributed by atoms with van der Waals surface area (Å²) in [6, 6.07) is 7.11. The van der Waals surface area contributed by atoms with Gasteiger partial charge in [0.25, 0.3) is 5.91 Å². The molecule has 0 bridgehead atoms. The van der Waals surface area contributed by atoms with Gasteiger partial charge in [-0.3, -0.25) is 9.59 Å². The number of aromatic nitrogens is 2. The average molecular weight is 503 g/mol. The molecule has 170 valence electrons. The highest BCUT2D eigenvalue weighted by Gasteiger charge is 2.33. The maximum atomic E-state index is 12.7. The van der Waals surface area contributed by atoms with Gasteiger partial charge in [-0.25, -0.2) is 4.98 Å². The SMILES string of the molecule is CN1CCN(C(=O)c2ccc(Nc3ncc(Br)c(N[C@@H]4CCC[C@@H]4C(=O)O)n3)cc2)CC1. The molecule has 1 aliphatic carbocycles. The van der Waals surface area contributed by atoms with Crippen molar-refractivity contribution in [1.29, 1.82) is 0 Å². The Bertz CT molecular complexity index is 978. The minimum atomic E-state index is -0.783. The number of carboxylic acid groups (broad SMARTS) is 1. The smallest absolute Gasteiger partial charge is 0.308 e. The number of hydrogen-bond donors (Lipinski definition) is 3. The van der Waals surface area contributed by atoms with Gasteiger partial charge in [-0.15, -0.1) is 0 Å². The van der Waals surface area contributed by atoms with Gasteiger partial charge in [0.15, 0.2) is 0 Å². The highest BCUT2D eigenvalue weighted by atomic mass is 79.9. The van der Waals surface area contributed by atoms with Crippen molar-refractivity contribution in [2.24, 2.45) is 5.92 Å². The third-order valence-electron chi connectivity index (χ3n) is 6.08. The van der Waals surface area contributed by atoms with Gasteiger partial charge >= 0.3 is 5.97 Å². The third kappa shape index (κ3) is 5.18. The maximum Gasteiger partial charge on any atom is 0.308 e. The molecule has 1 aliphatic heterocycles. The zero-order valence-corrected chi connectivity index (χ0v) is 19.5. The van der Waals surface area contributed by atoms with E-state index in [0.717, 1.165) is 44.7 Å². The lowest BCUT2D eigenvalue weighted by Crippen LogP contribution is -2.47. The molecule has 2 atom stereocenters. The van der Waals surface area contributed by atoms with Gasteiger partial charge in [-0.1, -0.05) is 6.42 Å². The van der Waals surface area contributed by atoms with E-state index in [-0.39, 0.29) is 11.9 Å². The van der Waals surface area contributed by atoms with Crippen LogP contribution in [0.1, 0.15) is 29.6 Å². The number of carbonyl (C=O) groups is 2. The second kappa shape index (κ2) is 9.83. The van der Waals surface area contributed by atoms with E-state index in [2.05, 4.69) is 48.5 Å². The molecule has 32 heavy (non-hydrogen) atoms. The fourth-order valence-corrected chi connectivity index (χ4v) is 4.46. The number of aliphatic carboxylic acids is 1. The average Bonchev–Trinajstić information content (AvgIpc) is 3.25. The van der Waals surface area contributed by atoms with E-state index in [1.165, 1.54) is 0 Å². The molecule has 0 spiro atoms. The van der Waals surface area contributed by atoms with Gasteiger partial charge < -0.3 is 25.5 Å². The normalized spacial score (nSPS) is 21.4. The Morgan fingerprint density at radius 3 is 2.53 bits per heavy atom. The van der Waals surface area contributed by atoms with Crippen LogP contribution >= 0.6 is 15.9 Å². The van der Waals surface area contributed by atoms with Crippen molar-refractivity contribution in [3.63, 3.8) is 0 Å². The summed E-state index contributed by atoms with van der Waals surface area (Å²) in [4.78, 5) is 37.1. The Hall–Kier alpha value is -2.72. The Balaban J connectivity index is 1.41. The number of likely N-dealkylation sites (N-methyl/N-ethyl adjacent to an activating group) is 1. The van der Waals surface area contributed by atoms with E-state index in [1.54, 1.807) is 18.3 Å². The molecule has 9 nitrogen and oxygen atoms in total. The molecule has 2 aromatic rings. The fourth-order valence-electron chi connectivity index (χ4n) is 4.15. The number of nitrogens with one attached hydrogen (secondary N) is 2. The van der Waals surface area contributed by atoms with Crippen LogP contribution in [0.3, 0.4) is 0 Å². The van der Waals surface area contributed by atoms with E-state index in [9.17, 15) is 14.7 Å². The van der Waals surface area contributed by atoms with Crippen molar-refractivity contribution in [1.82, 2.24) is 19.8 Å². The molecule has 1 aromatic carbocycles. The lowest BCUT2D eigenvalue weighted by Gasteiger charge is -2.32. The van der Waals surface area contributed by atoms with Gasteiger partial charge in [0, 0.05) is 49.7 Å². The van der Waals surface area contributed by atoms with Gasteiger partial charge in [-0.05, 0) is 60.1 Å². The van der Waals surface area contributed by atoms with Crippen molar-refractivity contribution < 1.29 is 14.7 Å². The van der Waals surface area contributed by atoms with Crippen molar-refractivity contribution in [3.05, 3.63) is 40.5 Å². The lowest BCUT2D eigenvalue weighted by molar-refractivity contribution is -0.141. The van der Waals surface area contributed by atoms with Crippen LogP contribution in [0.2, 0.25) is 0 Å². The topological polar surface area (TPSA) is 111 Å². The summed E-state index contributed by atoms with van der Waals surface area (Å²) in [5.41, 5.74) is 1.41. The van der Waals surface area contributed by atoms with E-state index in [0.29, 0.717) is 28.2 Å². The predicted octanol–water partition coefficient (Wildman–Crippen LogP) is 3.04. The number of benzene rings is 1. The molecule has 1 saturated carbocycles. The molecule has 4 rings (SSSR count). The fraction of sp³-hybridized carbons (Fsp3) is 0.455. The zero-order valence-electron chi connectivity index (χ0n) is 17.9. The molecule has 2 fully saturated rings. The minimum absolute atomic E-state index is 0.0422. The number of amides is 1. The molecule has 0 unspecified atom stereocenters. The van der Waals surface area contributed by atoms with Crippen LogP contribution in [-0.4, -0.2) is 76.0 Å². The largest absolute Gasteiger partial charge is 0.481 e. The number of piperazine rings is 1. The first-order valence-corrected chi connectivity index (χ1v) is 11.6. The molecule has 2 aliphatic rings. The van der Waals surface area contributed by atoms with Crippen LogP contribution in [-0.2, 0) is 4.79 Å². The van der Waals surface area contributed by atoms with Crippen LogP contribution in [0.5, 0.6) is 0 Å². The summed E-state index contributed by atoms with van der Waals surface area (Å²) in [5, 5.41) is 15.8. The first-order valence-electron chi connectivity index (χ1n) is 10.8. The van der Waals surface area contributed by atoms with Gasteiger partial charge in [-0.2, -0.15) is 4.98 Å². The first kappa shape index (κ1) is 22.5. The highest BCUT2D eigenvalue weighted by Crippen LogP contribution is 2.31. The molecule has 1 aromatic heterocycles. The Kier molecular flexibility index (Phi) is 6.90. The number of rotatable bonds is 6. The van der Waals surface area contributed by atoms with Crippen LogP contribution in [0.25, 0.3) is 0 Å². The molecular weight excluding hydrogens is 476 g/mol. The van der Waals surface area contributed by atoms with Crippen LogP contribution in [0, 0.1) is 5.92 Å².